The molecule has 0 saturated carbocycles. The molecule has 1 N–H and O–H groups in total. The molecule has 32 heavy (non-hydrogen) atoms. The third kappa shape index (κ3) is 4.43. The van der Waals surface area contributed by atoms with Crippen LogP contribution in [0.1, 0.15) is 40.5 Å². The Balaban J connectivity index is 1.26. The molecule has 2 aromatic heterocycles. The number of benzene rings is 2. The van der Waals surface area contributed by atoms with Gasteiger partial charge in [-0.2, -0.15) is 4.68 Å². The Morgan fingerprint density at radius 3 is 2.78 bits per heavy atom. The van der Waals surface area contributed by atoms with E-state index in [1.54, 1.807) is 16.4 Å². The molecule has 0 saturated heterocycles. The molecule has 0 spiro atoms. The maximum Gasteiger partial charge on any atom is 0.252 e. The number of tetrazole rings is 1. The van der Waals surface area contributed by atoms with Crippen LogP contribution >= 0.6 is 11.8 Å². The average Bonchev–Trinajstić information content (AvgIpc) is 3.48. The number of nitrogens with zero attached hydrogens (tertiary/aromatic N) is 6. The van der Waals surface area contributed by atoms with Crippen molar-refractivity contribution in [2.45, 2.75) is 43.0 Å². The lowest BCUT2D eigenvalue weighted by Gasteiger charge is -2.11. The first-order chi connectivity index (χ1) is 15.8. The number of aromatic nitrogens is 6. The first kappa shape index (κ1) is 20.4. The maximum absolute atomic E-state index is 12.9. The van der Waals surface area contributed by atoms with Crippen molar-refractivity contribution in [2.24, 2.45) is 0 Å². The summed E-state index contributed by atoms with van der Waals surface area (Å²) in [5.41, 5.74) is 2.45. The molecular formula is C23H23N7OS. The molecule has 5 rings (SSSR count). The molecule has 8 nitrogen and oxygen atoms in total. The lowest BCUT2D eigenvalue weighted by molar-refractivity contribution is 0.0947. The maximum atomic E-state index is 12.9. The van der Waals surface area contributed by atoms with Gasteiger partial charge in [-0.25, -0.2) is 4.98 Å². The van der Waals surface area contributed by atoms with Gasteiger partial charge >= 0.3 is 0 Å². The van der Waals surface area contributed by atoms with Crippen molar-refractivity contribution in [2.75, 3.05) is 0 Å². The summed E-state index contributed by atoms with van der Waals surface area (Å²) < 4.78 is 3.92. The van der Waals surface area contributed by atoms with Gasteiger partial charge < -0.3 is 9.88 Å². The zero-order valence-corrected chi connectivity index (χ0v) is 18.3. The molecule has 0 atom stereocenters. The van der Waals surface area contributed by atoms with Crippen LogP contribution in [-0.2, 0) is 25.3 Å². The normalized spacial score (nSPS) is 13.0. The zero-order chi connectivity index (χ0) is 21.8. The number of hydrogen-bond donors (Lipinski definition) is 1. The van der Waals surface area contributed by atoms with Crippen LogP contribution in [0.5, 0.6) is 0 Å². The monoisotopic (exact) mass is 445 g/mol. The van der Waals surface area contributed by atoms with Crippen molar-refractivity contribution in [3.05, 3.63) is 83.7 Å². The van der Waals surface area contributed by atoms with Gasteiger partial charge in [0.05, 0.1) is 29.2 Å². The largest absolute Gasteiger partial charge is 0.346 e. The van der Waals surface area contributed by atoms with E-state index >= 15 is 0 Å². The Morgan fingerprint density at radius 1 is 1.06 bits per heavy atom. The first-order valence-corrected chi connectivity index (χ1v) is 11.6. The van der Waals surface area contributed by atoms with Crippen LogP contribution < -0.4 is 5.32 Å². The smallest absolute Gasteiger partial charge is 0.252 e. The van der Waals surface area contributed by atoms with E-state index < -0.39 is 0 Å². The van der Waals surface area contributed by atoms with Gasteiger partial charge in [0, 0.05) is 24.1 Å². The summed E-state index contributed by atoms with van der Waals surface area (Å²) in [5, 5.41) is 15.1. The van der Waals surface area contributed by atoms with Crippen LogP contribution in [0.15, 0.2) is 65.7 Å². The van der Waals surface area contributed by atoms with E-state index in [1.165, 1.54) is 12.8 Å². The molecule has 1 aliphatic rings. The van der Waals surface area contributed by atoms with Gasteiger partial charge in [-0.15, -0.1) is 16.9 Å². The minimum atomic E-state index is -0.110. The number of para-hydroxylation sites is 1. The Hall–Kier alpha value is -3.46. The molecule has 1 aliphatic heterocycles. The van der Waals surface area contributed by atoms with Crippen LogP contribution in [0.2, 0.25) is 0 Å². The predicted molar refractivity (Wildman–Crippen MR) is 121 cm³/mol. The summed E-state index contributed by atoms with van der Waals surface area (Å²) in [4.78, 5) is 18.5. The highest BCUT2D eigenvalue weighted by molar-refractivity contribution is 7.98. The van der Waals surface area contributed by atoms with Crippen molar-refractivity contribution in [1.29, 1.82) is 0 Å². The molecule has 1 amide bonds. The molecule has 2 aromatic carbocycles. The quantitative estimate of drug-likeness (QED) is 0.439. The number of carbonyl (C=O) groups is 1. The second kappa shape index (κ2) is 9.35. The predicted octanol–water partition coefficient (Wildman–Crippen LogP) is 3.42. The number of aryl methyl sites for hydroxylation is 2. The minimum Gasteiger partial charge on any atom is -0.346 e. The summed E-state index contributed by atoms with van der Waals surface area (Å²) in [6, 6.07) is 17.4. The molecule has 0 aliphatic carbocycles. The zero-order valence-electron chi connectivity index (χ0n) is 17.5. The topological polar surface area (TPSA) is 90.5 Å². The lowest BCUT2D eigenvalue weighted by Crippen LogP contribution is -2.23. The van der Waals surface area contributed by atoms with E-state index in [-0.39, 0.29) is 5.91 Å². The molecule has 0 unspecified atom stereocenters. The Morgan fingerprint density at radius 2 is 1.91 bits per heavy atom. The molecule has 0 bridgehead atoms. The highest BCUT2D eigenvalue weighted by Gasteiger charge is 2.16. The van der Waals surface area contributed by atoms with Crippen molar-refractivity contribution < 1.29 is 4.79 Å². The number of carbonyl (C=O) groups excluding carboxylic acids is 1. The SMILES string of the molecule is O=C(NCc1cn2c(n1)CCCC2)c1ccccc1SCc1nnnn1-c1ccccc1. The average molecular weight is 446 g/mol. The van der Waals surface area contributed by atoms with Crippen molar-refractivity contribution in [3.8, 4) is 5.69 Å². The van der Waals surface area contributed by atoms with Gasteiger partial charge in [-0.05, 0) is 47.5 Å². The highest BCUT2D eigenvalue weighted by atomic mass is 32.2. The van der Waals surface area contributed by atoms with E-state index in [9.17, 15) is 4.79 Å². The number of imidazole rings is 1. The number of rotatable bonds is 7. The van der Waals surface area contributed by atoms with E-state index in [2.05, 4.69) is 36.6 Å². The van der Waals surface area contributed by atoms with Crippen molar-refractivity contribution in [3.63, 3.8) is 0 Å². The lowest BCUT2D eigenvalue weighted by atomic mass is 10.2. The summed E-state index contributed by atoms with van der Waals surface area (Å²) >= 11 is 1.54. The van der Waals surface area contributed by atoms with Gasteiger partial charge in [0.25, 0.3) is 5.91 Å². The standard InChI is InChI=1S/C23H23N7OS/c31-23(24-14-17-15-29-13-7-6-12-21(29)25-17)19-10-4-5-11-20(19)32-16-22-26-27-28-30(22)18-8-2-1-3-9-18/h1-5,8-11,15H,6-7,12-14,16H2,(H,24,31). The van der Waals surface area contributed by atoms with E-state index in [0.717, 1.165) is 40.9 Å². The Labute approximate surface area is 190 Å². The van der Waals surface area contributed by atoms with Gasteiger partial charge in [0.1, 0.15) is 5.82 Å². The molecule has 0 radical (unpaired) electrons. The molecule has 4 aromatic rings. The van der Waals surface area contributed by atoms with Crippen LogP contribution in [-0.4, -0.2) is 35.7 Å². The summed E-state index contributed by atoms with van der Waals surface area (Å²) in [6.45, 7) is 1.43. The van der Waals surface area contributed by atoms with Gasteiger partial charge in [0.2, 0.25) is 0 Å². The number of fused-ring (bicyclic) bond motifs is 1. The highest BCUT2D eigenvalue weighted by Crippen LogP contribution is 2.26. The third-order valence-electron chi connectivity index (χ3n) is 5.41. The van der Waals surface area contributed by atoms with Gasteiger partial charge in [0.15, 0.2) is 5.82 Å². The van der Waals surface area contributed by atoms with E-state index in [1.807, 2.05) is 54.6 Å². The summed E-state index contributed by atoms with van der Waals surface area (Å²) in [5.74, 6) is 2.27. The second-order valence-corrected chi connectivity index (χ2v) is 8.63. The fourth-order valence-electron chi connectivity index (χ4n) is 3.81. The Kier molecular flexibility index (Phi) is 5.98. The van der Waals surface area contributed by atoms with Gasteiger partial charge in [-0.3, -0.25) is 4.79 Å². The molecule has 162 valence electrons. The third-order valence-corrected chi connectivity index (χ3v) is 6.48. The summed E-state index contributed by atoms with van der Waals surface area (Å²) in [6.07, 6.45) is 5.43. The van der Waals surface area contributed by atoms with Crippen LogP contribution in [0.25, 0.3) is 5.69 Å². The fourth-order valence-corrected chi connectivity index (χ4v) is 4.77. The van der Waals surface area contributed by atoms with E-state index in [4.69, 9.17) is 0 Å². The molecule has 0 fully saturated rings. The number of nitrogens with one attached hydrogen (secondary N) is 1. The van der Waals surface area contributed by atoms with Crippen LogP contribution in [0.4, 0.5) is 0 Å². The van der Waals surface area contributed by atoms with Crippen molar-refractivity contribution >= 4 is 17.7 Å². The number of hydrogen-bond acceptors (Lipinski definition) is 6. The fraction of sp³-hybridized carbons (Fsp3) is 0.261. The van der Waals surface area contributed by atoms with E-state index in [0.29, 0.717) is 17.9 Å². The number of amides is 1. The molecule has 9 heteroatoms. The molecule has 3 heterocycles. The number of thioether (sulfide) groups is 1. The minimum absolute atomic E-state index is 0.110. The van der Waals surface area contributed by atoms with Crippen molar-refractivity contribution in [1.82, 2.24) is 35.1 Å². The second-order valence-electron chi connectivity index (χ2n) is 7.61. The first-order valence-electron chi connectivity index (χ1n) is 10.7. The molecular weight excluding hydrogens is 422 g/mol. The van der Waals surface area contributed by atoms with Crippen LogP contribution in [0, 0.1) is 0 Å². The summed E-state index contributed by atoms with van der Waals surface area (Å²) in [7, 11) is 0. The van der Waals surface area contributed by atoms with Crippen LogP contribution in [0.3, 0.4) is 0 Å². The van der Waals surface area contributed by atoms with Gasteiger partial charge in [-0.1, -0.05) is 30.3 Å². The Bertz CT molecular complexity index is 1190.